The van der Waals surface area contributed by atoms with Crippen LogP contribution in [0.1, 0.15) is 29.8 Å². The molecule has 3 aromatic rings. The molecule has 0 bridgehead atoms. The summed E-state index contributed by atoms with van der Waals surface area (Å²) in [7, 11) is 0. The number of carbonyl (C=O) groups excluding carboxylic acids is 1. The Morgan fingerprint density at radius 1 is 1.12 bits per heavy atom. The fourth-order valence-electron chi connectivity index (χ4n) is 2.39. The molecule has 1 aromatic heterocycles. The second-order valence-corrected chi connectivity index (χ2v) is 7.11. The highest BCUT2D eigenvalue weighted by molar-refractivity contribution is 8.00. The molecule has 0 fully saturated rings. The molecule has 0 N–H and O–H groups in total. The summed E-state index contributed by atoms with van der Waals surface area (Å²) in [6.45, 7) is 6.39. The van der Waals surface area contributed by atoms with Crippen molar-refractivity contribution < 1.29 is 13.9 Å². The second-order valence-electron chi connectivity index (χ2n) is 5.82. The summed E-state index contributed by atoms with van der Waals surface area (Å²) in [4.78, 5) is 12.5. The normalized spacial score (nSPS) is 12.0. The average Bonchev–Trinajstić information content (AvgIpc) is 3.11. The van der Waals surface area contributed by atoms with Crippen LogP contribution in [-0.2, 0) is 0 Å². The van der Waals surface area contributed by atoms with Gasteiger partial charge in [-0.05, 0) is 45.0 Å². The van der Waals surface area contributed by atoms with E-state index < -0.39 is 0 Å². The number of aromatic nitrogens is 2. The molecule has 0 aliphatic rings. The highest BCUT2D eigenvalue weighted by Crippen LogP contribution is 2.28. The SMILES string of the molecule is CCOc1ccc(-c2nnc(SC(C)C(=O)c3ccc(C)cc3)o2)cc1. The van der Waals surface area contributed by atoms with Crippen molar-refractivity contribution in [1.29, 1.82) is 0 Å². The van der Waals surface area contributed by atoms with E-state index in [-0.39, 0.29) is 11.0 Å². The van der Waals surface area contributed by atoms with Crippen LogP contribution in [0.3, 0.4) is 0 Å². The third-order valence-corrected chi connectivity index (χ3v) is 4.74. The first kappa shape index (κ1) is 18.2. The lowest BCUT2D eigenvalue weighted by Crippen LogP contribution is -2.13. The number of nitrogens with zero attached hydrogens (tertiary/aromatic N) is 2. The fraction of sp³-hybridized carbons (Fsp3) is 0.250. The first-order chi connectivity index (χ1) is 12.6. The van der Waals surface area contributed by atoms with Crippen molar-refractivity contribution in [1.82, 2.24) is 10.2 Å². The van der Waals surface area contributed by atoms with Crippen LogP contribution < -0.4 is 4.74 Å². The standard InChI is InChI=1S/C20H20N2O3S/c1-4-24-17-11-9-16(10-12-17)19-21-22-20(25-19)26-14(3)18(23)15-7-5-13(2)6-8-15/h5-12,14H,4H2,1-3H3. The summed E-state index contributed by atoms with van der Waals surface area (Å²) < 4.78 is 11.1. The molecule has 1 heterocycles. The number of thioether (sulfide) groups is 1. The van der Waals surface area contributed by atoms with Crippen LogP contribution in [0.25, 0.3) is 11.5 Å². The van der Waals surface area contributed by atoms with E-state index in [9.17, 15) is 4.79 Å². The zero-order chi connectivity index (χ0) is 18.5. The zero-order valence-electron chi connectivity index (χ0n) is 14.9. The van der Waals surface area contributed by atoms with Gasteiger partial charge in [0.15, 0.2) is 5.78 Å². The number of benzene rings is 2. The summed E-state index contributed by atoms with van der Waals surface area (Å²) in [6.07, 6.45) is 0. The number of ether oxygens (including phenoxy) is 1. The minimum absolute atomic E-state index is 0.0378. The Kier molecular flexibility index (Phi) is 5.73. The van der Waals surface area contributed by atoms with E-state index in [2.05, 4.69) is 10.2 Å². The van der Waals surface area contributed by atoms with E-state index in [1.165, 1.54) is 11.8 Å². The van der Waals surface area contributed by atoms with E-state index >= 15 is 0 Å². The first-order valence-corrected chi connectivity index (χ1v) is 9.29. The third-order valence-electron chi connectivity index (χ3n) is 3.80. The molecule has 1 atom stereocenters. The lowest BCUT2D eigenvalue weighted by atomic mass is 10.1. The molecule has 0 saturated carbocycles. The van der Waals surface area contributed by atoms with Crippen molar-refractivity contribution in [3.8, 4) is 17.2 Å². The van der Waals surface area contributed by atoms with Crippen LogP contribution >= 0.6 is 11.8 Å². The predicted molar refractivity (Wildman–Crippen MR) is 102 cm³/mol. The number of hydrogen-bond acceptors (Lipinski definition) is 6. The van der Waals surface area contributed by atoms with Crippen LogP contribution in [-0.4, -0.2) is 27.8 Å². The van der Waals surface area contributed by atoms with E-state index in [0.717, 1.165) is 16.9 Å². The van der Waals surface area contributed by atoms with Gasteiger partial charge in [0.1, 0.15) is 5.75 Å². The van der Waals surface area contributed by atoms with Gasteiger partial charge in [0.05, 0.1) is 11.9 Å². The van der Waals surface area contributed by atoms with Crippen molar-refractivity contribution in [3.63, 3.8) is 0 Å². The molecular weight excluding hydrogens is 348 g/mol. The zero-order valence-corrected chi connectivity index (χ0v) is 15.7. The van der Waals surface area contributed by atoms with Crippen molar-refractivity contribution in [3.05, 3.63) is 59.7 Å². The monoisotopic (exact) mass is 368 g/mol. The van der Waals surface area contributed by atoms with Gasteiger partial charge >= 0.3 is 0 Å². The quantitative estimate of drug-likeness (QED) is 0.440. The van der Waals surface area contributed by atoms with Gasteiger partial charge in [-0.25, -0.2) is 0 Å². The summed E-state index contributed by atoms with van der Waals surface area (Å²) in [5, 5.41) is 8.18. The number of ketones is 1. The summed E-state index contributed by atoms with van der Waals surface area (Å²) in [5.74, 6) is 1.25. The summed E-state index contributed by atoms with van der Waals surface area (Å²) in [6, 6.07) is 15.0. The molecule has 3 rings (SSSR count). The molecule has 2 aromatic carbocycles. The van der Waals surface area contributed by atoms with E-state index in [0.29, 0.717) is 23.3 Å². The van der Waals surface area contributed by atoms with E-state index in [1.807, 2.05) is 69.3 Å². The van der Waals surface area contributed by atoms with Crippen molar-refractivity contribution in [2.75, 3.05) is 6.61 Å². The Morgan fingerprint density at radius 3 is 2.46 bits per heavy atom. The smallest absolute Gasteiger partial charge is 0.277 e. The topological polar surface area (TPSA) is 65.2 Å². The Bertz CT molecular complexity index is 873. The van der Waals surface area contributed by atoms with Crippen LogP contribution in [0.2, 0.25) is 0 Å². The van der Waals surface area contributed by atoms with Gasteiger partial charge < -0.3 is 9.15 Å². The number of Topliss-reactive ketones (excluding diaryl/α,β-unsaturated/α-hetero) is 1. The van der Waals surface area contributed by atoms with Gasteiger partial charge in [0, 0.05) is 11.1 Å². The Hall–Kier alpha value is -2.60. The number of hydrogen-bond donors (Lipinski definition) is 0. The molecule has 134 valence electrons. The Balaban J connectivity index is 1.67. The highest BCUT2D eigenvalue weighted by atomic mass is 32.2. The van der Waals surface area contributed by atoms with Crippen molar-refractivity contribution in [2.45, 2.75) is 31.2 Å². The fourth-order valence-corrected chi connectivity index (χ4v) is 3.15. The van der Waals surface area contributed by atoms with Gasteiger partial charge in [0.25, 0.3) is 5.22 Å². The highest BCUT2D eigenvalue weighted by Gasteiger charge is 2.20. The van der Waals surface area contributed by atoms with Gasteiger partial charge in [-0.1, -0.05) is 41.6 Å². The molecule has 0 aliphatic carbocycles. The Labute approximate surface area is 156 Å². The minimum Gasteiger partial charge on any atom is -0.494 e. The maximum atomic E-state index is 12.5. The molecule has 26 heavy (non-hydrogen) atoms. The molecular formula is C20H20N2O3S. The van der Waals surface area contributed by atoms with Crippen LogP contribution in [0.15, 0.2) is 58.2 Å². The average molecular weight is 368 g/mol. The van der Waals surface area contributed by atoms with Crippen LogP contribution in [0.5, 0.6) is 5.75 Å². The van der Waals surface area contributed by atoms with Gasteiger partial charge in [-0.15, -0.1) is 10.2 Å². The maximum absolute atomic E-state index is 12.5. The molecule has 1 unspecified atom stereocenters. The summed E-state index contributed by atoms with van der Waals surface area (Å²) >= 11 is 1.26. The molecule has 0 amide bonds. The number of carbonyl (C=O) groups is 1. The largest absolute Gasteiger partial charge is 0.494 e. The second kappa shape index (κ2) is 8.19. The van der Waals surface area contributed by atoms with Gasteiger partial charge in [0.2, 0.25) is 5.89 Å². The summed E-state index contributed by atoms with van der Waals surface area (Å²) in [5.41, 5.74) is 2.62. The third kappa shape index (κ3) is 4.32. The first-order valence-electron chi connectivity index (χ1n) is 8.41. The molecule has 5 nitrogen and oxygen atoms in total. The number of rotatable bonds is 7. The van der Waals surface area contributed by atoms with Gasteiger partial charge in [-0.2, -0.15) is 0 Å². The molecule has 0 radical (unpaired) electrons. The van der Waals surface area contributed by atoms with Crippen molar-refractivity contribution >= 4 is 17.5 Å². The number of aryl methyl sites for hydroxylation is 1. The molecule has 0 aliphatic heterocycles. The van der Waals surface area contributed by atoms with E-state index in [4.69, 9.17) is 9.15 Å². The van der Waals surface area contributed by atoms with E-state index in [1.54, 1.807) is 0 Å². The maximum Gasteiger partial charge on any atom is 0.277 e. The predicted octanol–water partition coefficient (Wildman–Crippen LogP) is 4.81. The molecule has 6 heteroatoms. The molecule has 0 saturated heterocycles. The lowest BCUT2D eigenvalue weighted by molar-refractivity contribution is 0.0993. The molecule has 0 spiro atoms. The van der Waals surface area contributed by atoms with Crippen LogP contribution in [0, 0.1) is 6.92 Å². The lowest BCUT2D eigenvalue weighted by Gasteiger charge is -2.07. The minimum atomic E-state index is -0.314. The van der Waals surface area contributed by atoms with Crippen LogP contribution in [0.4, 0.5) is 0 Å². The Morgan fingerprint density at radius 2 is 1.81 bits per heavy atom. The van der Waals surface area contributed by atoms with Crippen molar-refractivity contribution in [2.24, 2.45) is 0 Å². The van der Waals surface area contributed by atoms with Gasteiger partial charge in [-0.3, -0.25) is 4.79 Å².